The summed E-state index contributed by atoms with van der Waals surface area (Å²) in [6, 6.07) is 11.1. The molecule has 1 N–H and O–H groups in total. The normalized spacial score (nSPS) is 15.7. The van der Waals surface area contributed by atoms with Crippen LogP contribution < -0.4 is 15.1 Å². The van der Waals surface area contributed by atoms with Crippen molar-refractivity contribution in [3.05, 3.63) is 64.3 Å². The van der Waals surface area contributed by atoms with Crippen molar-refractivity contribution in [1.29, 1.82) is 0 Å². The van der Waals surface area contributed by atoms with Crippen LogP contribution in [0.2, 0.25) is 10.0 Å². The summed E-state index contributed by atoms with van der Waals surface area (Å²) in [4.78, 5) is 40.3. The van der Waals surface area contributed by atoms with Gasteiger partial charge in [0, 0.05) is 60.3 Å². The van der Waals surface area contributed by atoms with Crippen molar-refractivity contribution in [2.75, 3.05) is 54.4 Å². The summed E-state index contributed by atoms with van der Waals surface area (Å²) >= 11 is 12.1. The lowest BCUT2D eigenvalue weighted by Gasteiger charge is -2.36. The van der Waals surface area contributed by atoms with Crippen molar-refractivity contribution >= 4 is 68.2 Å². The molecule has 1 saturated heterocycles. The summed E-state index contributed by atoms with van der Waals surface area (Å²) in [7, 11) is -4.28. The van der Waals surface area contributed by atoms with Crippen LogP contribution >= 0.6 is 23.2 Å². The zero-order valence-corrected chi connectivity index (χ0v) is 28.3. The van der Waals surface area contributed by atoms with Crippen LogP contribution in [0, 0.1) is 0 Å². The predicted molar refractivity (Wildman–Crippen MR) is 177 cm³/mol. The van der Waals surface area contributed by atoms with E-state index in [1.165, 1.54) is 18.2 Å². The van der Waals surface area contributed by atoms with Gasteiger partial charge in [0.1, 0.15) is 11.4 Å². The fraction of sp³-hybridized carbons (Fsp3) is 0.419. The predicted octanol–water partition coefficient (Wildman–Crippen LogP) is 5.31. The Labute approximate surface area is 278 Å². The van der Waals surface area contributed by atoms with Gasteiger partial charge in [-0.1, -0.05) is 23.2 Å². The smallest absolute Gasteiger partial charge is 0.410 e. The van der Waals surface area contributed by atoms with E-state index in [2.05, 4.69) is 15.2 Å². The Morgan fingerprint density at radius 2 is 1.70 bits per heavy atom. The number of nitrogens with one attached hydrogen (secondary N) is 1. The lowest BCUT2D eigenvalue weighted by atomic mass is 10.1. The van der Waals surface area contributed by atoms with E-state index < -0.39 is 26.8 Å². The number of sulfone groups is 1. The molecule has 2 aromatic carbocycles. The van der Waals surface area contributed by atoms with Gasteiger partial charge < -0.3 is 29.5 Å². The third-order valence-electron chi connectivity index (χ3n) is 7.37. The maximum absolute atomic E-state index is 13.6. The standard InChI is InChI=1S/C31H36Cl2N6O6S/c1-5-44-28(40)27(46(42,43)24-18-21(32)17-22(33)19-24)35-23-6-7-25-20(16-23)9-11-39(25)29-34-10-8-26(36-29)37-12-14-38(15-13-37)30(41)45-31(2,3)4/h6-8,10,16-19,27,35H,5,9,11-15H2,1-4H3. The van der Waals surface area contributed by atoms with Gasteiger partial charge in [0.15, 0.2) is 0 Å². The van der Waals surface area contributed by atoms with E-state index in [9.17, 15) is 18.0 Å². The van der Waals surface area contributed by atoms with Gasteiger partial charge in [0.25, 0.3) is 0 Å². The number of carbonyl (C=O) groups is 2. The number of fused-ring (bicyclic) bond motifs is 1. The minimum Gasteiger partial charge on any atom is -0.464 e. The highest BCUT2D eigenvalue weighted by Crippen LogP contribution is 2.36. The molecule has 3 aromatic rings. The monoisotopic (exact) mass is 690 g/mol. The third-order valence-corrected chi connectivity index (χ3v) is 9.63. The average molecular weight is 692 g/mol. The number of nitrogens with zero attached hydrogens (tertiary/aromatic N) is 5. The van der Waals surface area contributed by atoms with Crippen molar-refractivity contribution in [2.24, 2.45) is 0 Å². The van der Waals surface area contributed by atoms with Gasteiger partial charge in [-0.25, -0.2) is 23.0 Å². The molecule has 12 nitrogen and oxygen atoms in total. The first-order valence-electron chi connectivity index (χ1n) is 14.8. The molecule has 2 aliphatic heterocycles. The number of piperazine rings is 1. The molecule has 1 unspecified atom stereocenters. The van der Waals surface area contributed by atoms with E-state index >= 15 is 0 Å². The second kappa shape index (κ2) is 13.5. The van der Waals surface area contributed by atoms with Gasteiger partial charge in [0.05, 0.1) is 11.5 Å². The maximum Gasteiger partial charge on any atom is 0.410 e. The Hall–Kier alpha value is -3.81. The van der Waals surface area contributed by atoms with Crippen LogP contribution in [0.3, 0.4) is 0 Å². The number of rotatable bonds is 8. The second-order valence-electron chi connectivity index (χ2n) is 11.8. The molecular weight excluding hydrogens is 655 g/mol. The molecule has 1 aromatic heterocycles. The molecule has 5 rings (SSSR count). The molecule has 1 atom stereocenters. The maximum atomic E-state index is 13.6. The molecule has 2 aliphatic rings. The van der Waals surface area contributed by atoms with E-state index in [1.54, 1.807) is 24.1 Å². The molecule has 15 heteroatoms. The largest absolute Gasteiger partial charge is 0.464 e. The highest BCUT2D eigenvalue weighted by atomic mass is 35.5. The SMILES string of the molecule is CCOC(=O)C(Nc1ccc2c(c1)CCN2c1nccc(N2CCN(C(=O)OC(C)(C)C)CC2)n1)S(=O)(=O)c1cc(Cl)cc(Cl)c1. The zero-order valence-electron chi connectivity index (χ0n) is 26.0. The number of hydrogen-bond acceptors (Lipinski definition) is 11. The Morgan fingerprint density at radius 3 is 2.35 bits per heavy atom. The quantitative estimate of drug-likeness (QED) is 0.308. The fourth-order valence-corrected chi connectivity index (χ4v) is 7.37. The Balaban J connectivity index is 1.32. The molecule has 0 spiro atoms. The molecular formula is C31H36Cl2N6O6S. The number of carbonyl (C=O) groups excluding carboxylic acids is 2. The van der Waals surface area contributed by atoms with Crippen LogP contribution in [0.1, 0.15) is 33.3 Å². The van der Waals surface area contributed by atoms with Gasteiger partial charge in [-0.15, -0.1) is 0 Å². The van der Waals surface area contributed by atoms with E-state index in [0.29, 0.717) is 50.8 Å². The Kier molecular flexibility index (Phi) is 9.85. The van der Waals surface area contributed by atoms with Gasteiger partial charge in [-0.3, -0.25) is 0 Å². The van der Waals surface area contributed by atoms with Gasteiger partial charge >= 0.3 is 12.1 Å². The first kappa shape index (κ1) is 33.6. The fourth-order valence-electron chi connectivity index (χ4n) is 5.25. The van der Waals surface area contributed by atoms with Crippen LogP contribution in [-0.2, 0) is 30.5 Å². The van der Waals surface area contributed by atoms with Crippen LogP contribution in [0.15, 0.2) is 53.6 Å². The first-order valence-corrected chi connectivity index (χ1v) is 17.1. The van der Waals surface area contributed by atoms with Crippen LogP contribution in [0.4, 0.5) is 27.9 Å². The Bertz CT molecular complexity index is 1710. The van der Waals surface area contributed by atoms with Crippen molar-refractivity contribution < 1.29 is 27.5 Å². The Morgan fingerprint density at radius 1 is 1.00 bits per heavy atom. The summed E-state index contributed by atoms with van der Waals surface area (Å²) in [5.74, 6) is 0.332. The number of ether oxygens (including phenoxy) is 2. The molecule has 0 saturated carbocycles. The summed E-state index contributed by atoms with van der Waals surface area (Å²) in [5.41, 5.74) is 1.67. The molecule has 246 valence electrons. The van der Waals surface area contributed by atoms with E-state index in [0.717, 1.165) is 17.1 Å². The number of hydrogen-bond donors (Lipinski definition) is 1. The van der Waals surface area contributed by atoms with Crippen molar-refractivity contribution in [2.45, 2.75) is 50.0 Å². The summed E-state index contributed by atoms with van der Waals surface area (Å²) in [6.45, 7) is 10.00. The van der Waals surface area contributed by atoms with Gasteiger partial charge in [0.2, 0.25) is 21.2 Å². The second-order valence-corrected chi connectivity index (χ2v) is 14.7. The van der Waals surface area contributed by atoms with Crippen molar-refractivity contribution in [3.63, 3.8) is 0 Å². The number of esters is 1. The highest BCUT2D eigenvalue weighted by molar-refractivity contribution is 7.93. The van der Waals surface area contributed by atoms with Crippen molar-refractivity contribution in [1.82, 2.24) is 14.9 Å². The first-order chi connectivity index (χ1) is 21.7. The minimum atomic E-state index is -4.28. The highest BCUT2D eigenvalue weighted by Gasteiger charge is 2.36. The summed E-state index contributed by atoms with van der Waals surface area (Å²) in [5, 5.41) is 1.38. The van der Waals surface area contributed by atoms with Crippen molar-refractivity contribution in [3.8, 4) is 0 Å². The van der Waals surface area contributed by atoms with E-state index in [1.807, 2.05) is 43.9 Å². The molecule has 0 bridgehead atoms. The molecule has 1 fully saturated rings. The molecule has 3 heterocycles. The lowest BCUT2D eigenvalue weighted by Crippen LogP contribution is -2.50. The molecule has 0 radical (unpaired) electrons. The zero-order chi connectivity index (χ0) is 33.2. The number of benzene rings is 2. The minimum absolute atomic E-state index is 0.000469. The van der Waals surface area contributed by atoms with Gasteiger partial charge in [-0.2, -0.15) is 4.98 Å². The van der Waals surface area contributed by atoms with E-state index in [-0.39, 0.29) is 27.6 Å². The van der Waals surface area contributed by atoms with Crippen LogP contribution in [0.25, 0.3) is 0 Å². The van der Waals surface area contributed by atoms with Crippen LogP contribution in [0.5, 0.6) is 0 Å². The molecule has 46 heavy (non-hydrogen) atoms. The van der Waals surface area contributed by atoms with E-state index in [4.69, 9.17) is 37.7 Å². The topological polar surface area (TPSA) is 134 Å². The van der Waals surface area contributed by atoms with Gasteiger partial charge in [-0.05, 0) is 82.1 Å². The third kappa shape index (κ3) is 7.59. The summed E-state index contributed by atoms with van der Waals surface area (Å²) in [6.07, 6.45) is 2.04. The average Bonchev–Trinajstić information content (AvgIpc) is 3.42. The number of anilines is 4. The number of aromatic nitrogens is 2. The number of amides is 1. The molecule has 1 amide bonds. The molecule has 0 aliphatic carbocycles. The summed E-state index contributed by atoms with van der Waals surface area (Å²) < 4.78 is 37.7. The number of halogens is 2. The van der Waals surface area contributed by atoms with Crippen LogP contribution in [-0.4, -0.2) is 85.7 Å². The lowest BCUT2D eigenvalue weighted by molar-refractivity contribution is -0.142.